The zero-order chi connectivity index (χ0) is 12.0. The van der Waals surface area contributed by atoms with Gasteiger partial charge in [-0.3, -0.25) is 4.79 Å². The van der Waals surface area contributed by atoms with Crippen molar-refractivity contribution >= 4 is 23.0 Å². The number of nitrogens with two attached hydrogens (primary N) is 1. The van der Waals surface area contributed by atoms with Crippen LogP contribution in [-0.2, 0) is 11.2 Å². The van der Waals surface area contributed by atoms with Crippen LogP contribution in [0.5, 0.6) is 0 Å². The van der Waals surface area contributed by atoms with Crippen LogP contribution < -0.4 is 16.4 Å². The zero-order valence-electron chi connectivity index (χ0n) is 9.42. The third-order valence-corrected chi connectivity index (χ3v) is 3.46. The molecule has 0 atom stereocenters. The average molecular weight is 233 g/mol. The summed E-state index contributed by atoms with van der Waals surface area (Å²) in [4.78, 5) is 11.3. The molecule has 2 aliphatic rings. The van der Waals surface area contributed by atoms with Crippen LogP contribution in [0.15, 0.2) is 12.1 Å². The molecule has 1 aromatic rings. The quantitative estimate of drug-likeness (QED) is 0.579. The molecule has 0 spiro atoms. The van der Waals surface area contributed by atoms with E-state index < -0.39 is 0 Å². The van der Waals surface area contributed by atoms with Gasteiger partial charge in [-0.2, -0.15) is 0 Å². The van der Waals surface area contributed by atoms with Gasteiger partial charge in [-0.1, -0.05) is 0 Å². The van der Waals surface area contributed by atoms with Crippen molar-refractivity contribution in [3.8, 4) is 0 Å². The van der Waals surface area contributed by atoms with Gasteiger partial charge in [0.2, 0.25) is 5.91 Å². The van der Waals surface area contributed by atoms with Crippen LogP contribution in [0, 0.1) is 0 Å². The SMILES string of the molecule is Nc1cc2c(cc1NC1(CO)CC1)NC(=O)C2. The van der Waals surface area contributed by atoms with Crippen LogP contribution in [0.3, 0.4) is 0 Å². The molecule has 0 radical (unpaired) electrons. The summed E-state index contributed by atoms with van der Waals surface area (Å²) >= 11 is 0. The fourth-order valence-electron chi connectivity index (χ4n) is 2.16. The minimum atomic E-state index is -0.203. The summed E-state index contributed by atoms with van der Waals surface area (Å²) in [6, 6.07) is 3.67. The number of amides is 1. The van der Waals surface area contributed by atoms with Crippen molar-refractivity contribution in [3.63, 3.8) is 0 Å². The standard InChI is InChI=1S/C12H15N3O2/c13-8-3-7-4-11(17)14-9(7)5-10(8)15-12(6-16)1-2-12/h3,5,15-16H,1-2,4,6,13H2,(H,14,17). The maximum absolute atomic E-state index is 11.3. The van der Waals surface area contributed by atoms with Crippen molar-refractivity contribution in [2.45, 2.75) is 24.8 Å². The first-order valence-electron chi connectivity index (χ1n) is 5.73. The predicted molar refractivity (Wildman–Crippen MR) is 65.9 cm³/mol. The second-order valence-electron chi connectivity index (χ2n) is 4.89. The average Bonchev–Trinajstić information content (AvgIpc) is 2.96. The van der Waals surface area contributed by atoms with Gasteiger partial charge in [0.15, 0.2) is 0 Å². The van der Waals surface area contributed by atoms with Gasteiger partial charge in [0.1, 0.15) is 0 Å². The first kappa shape index (κ1) is 10.4. The summed E-state index contributed by atoms with van der Waals surface area (Å²) in [5, 5.41) is 15.3. The van der Waals surface area contributed by atoms with Gasteiger partial charge < -0.3 is 21.5 Å². The van der Waals surface area contributed by atoms with Crippen LogP contribution in [-0.4, -0.2) is 23.2 Å². The molecular formula is C12H15N3O2. The molecule has 1 aliphatic carbocycles. The predicted octanol–water partition coefficient (Wildman–Crippen LogP) is 0.700. The Kier molecular flexibility index (Phi) is 2.06. The zero-order valence-corrected chi connectivity index (χ0v) is 9.42. The van der Waals surface area contributed by atoms with Gasteiger partial charge in [0, 0.05) is 5.69 Å². The van der Waals surface area contributed by atoms with E-state index in [-0.39, 0.29) is 18.1 Å². The molecule has 0 aromatic heterocycles. The minimum Gasteiger partial charge on any atom is -0.397 e. The van der Waals surface area contributed by atoms with Gasteiger partial charge in [-0.15, -0.1) is 0 Å². The van der Waals surface area contributed by atoms with Crippen molar-refractivity contribution in [3.05, 3.63) is 17.7 Å². The van der Waals surface area contributed by atoms with E-state index in [0.717, 1.165) is 29.8 Å². The number of hydrogen-bond acceptors (Lipinski definition) is 4. The number of nitrogen functional groups attached to an aromatic ring is 1. The second-order valence-corrected chi connectivity index (χ2v) is 4.89. The first-order valence-corrected chi connectivity index (χ1v) is 5.73. The van der Waals surface area contributed by atoms with Crippen molar-refractivity contribution < 1.29 is 9.90 Å². The maximum atomic E-state index is 11.3. The smallest absolute Gasteiger partial charge is 0.228 e. The van der Waals surface area contributed by atoms with E-state index >= 15 is 0 Å². The Morgan fingerprint density at radius 1 is 1.47 bits per heavy atom. The summed E-state index contributed by atoms with van der Waals surface area (Å²) in [5.41, 5.74) is 8.91. The molecule has 1 aromatic carbocycles. The first-order chi connectivity index (χ1) is 8.12. The highest BCUT2D eigenvalue weighted by Crippen LogP contribution is 2.41. The molecule has 0 bridgehead atoms. The number of aliphatic hydroxyl groups is 1. The van der Waals surface area contributed by atoms with Crippen molar-refractivity contribution in [2.24, 2.45) is 0 Å². The summed E-state index contributed by atoms with van der Waals surface area (Å²) in [7, 11) is 0. The molecule has 1 heterocycles. The molecule has 0 unspecified atom stereocenters. The largest absolute Gasteiger partial charge is 0.397 e. The molecule has 1 amide bonds. The monoisotopic (exact) mass is 233 g/mol. The molecule has 90 valence electrons. The van der Waals surface area contributed by atoms with Crippen LogP contribution in [0.4, 0.5) is 17.1 Å². The van der Waals surface area contributed by atoms with Crippen LogP contribution in [0.2, 0.25) is 0 Å². The van der Waals surface area contributed by atoms with E-state index in [1.807, 2.05) is 12.1 Å². The molecule has 5 N–H and O–H groups in total. The van der Waals surface area contributed by atoms with Crippen LogP contribution in [0.25, 0.3) is 0 Å². The molecule has 3 rings (SSSR count). The summed E-state index contributed by atoms with van der Waals surface area (Å²) in [6.45, 7) is 0.107. The second kappa shape index (κ2) is 3.37. The number of hydrogen-bond donors (Lipinski definition) is 4. The Labute approximate surface area is 99.0 Å². The number of carbonyl (C=O) groups excluding carboxylic acids is 1. The number of fused-ring (bicyclic) bond motifs is 1. The van der Waals surface area contributed by atoms with Crippen molar-refractivity contribution in [2.75, 3.05) is 23.0 Å². The fourth-order valence-corrected chi connectivity index (χ4v) is 2.16. The number of nitrogens with one attached hydrogen (secondary N) is 2. The van der Waals surface area contributed by atoms with E-state index in [1.165, 1.54) is 0 Å². The molecule has 1 aliphatic heterocycles. The Bertz CT molecular complexity index is 495. The van der Waals surface area contributed by atoms with E-state index in [4.69, 9.17) is 5.73 Å². The highest BCUT2D eigenvalue weighted by Gasteiger charge is 2.42. The highest BCUT2D eigenvalue weighted by molar-refractivity contribution is 6.00. The van der Waals surface area contributed by atoms with Gasteiger partial charge in [-0.25, -0.2) is 0 Å². The molecule has 5 heteroatoms. The third kappa shape index (κ3) is 1.72. The Balaban J connectivity index is 1.91. The number of anilines is 3. The minimum absolute atomic E-state index is 0.000145. The van der Waals surface area contributed by atoms with E-state index in [2.05, 4.69) is 10.6 Å². The number of carbonyl (C=O) groups is 1. The normalized spacial score (nSPS) is 19.7. The fraction of sp³-hybridized carbons (Fsp3) is 0.417. The summed E-state index contributed by atoms with van der Waals surface area (Å²) < 4.78 is 0. The lowest BCUT2D eigenvalue weighted by Crippen LogP contribution is -2.26. The Hall–Kier alpha value is -1.75. The van der Waals surface area contributed by atoms with Crippen molar-refractivity contribution in [1.82, 2.24) is 0 Å². The van der Waals surface area contributed by atoms with Gasteiger partial charge >= 0.3 is 0 Å². The van der Waals surface area contributed by atoms with E-state index in [9.17, 15) is 9.90 Å². The van der Waals surface area contributed by atoms with Crippen LogP contribution in [0.1, 0.15) is 18.4 Å². The summed E-state index contributed by atoms with van der Waals surface area (Å²) in [5.74, 6) is -0.000145. The highest BCUT2D eigenvalue weighted by atomic mass is 16.3. The molecule has 0 saturated heterocycles. The van der Waals surface area contributed by atoms with Crippen LogP contribution >= 0.6 is 0 Å². The van der Waals surface area contributed by atoms with E-state index in [1.54, 1.807) is 0 Å². The lowest BCUT2D eigenvalue weighted by atomic mass is 10.1. The molecule has 5 nitrogen and oxygen atoms in total. The molecule has 17 heavy (non-hydrogen) atoms. The Morgan fingerprint density at radius 2 is 2.24 bits per heavy atom. The third-order valence-electron chi connectivity index (χ3n) is 3.46. The van der Waals surface area contributed by atoms with Gasteiger partial charge in [0.05, 0.1) is 29.9 Å². The van der Waals surface area contributed by atoms with Crippen molar-refractivity contribution in [1.29, 1.82) is 0 Å². The summed E-state index contributed by atoms with van der Waals surface area (Å²) in [6.07, 6.45) is 2.30. The lowest BCUT2D eigenvalue weighted by molar-refractivity contribution is -0.115. The Morgan fingerprint density at radius 3 is 2.88 bits per heavy atom. The molecule has 1 fully saturated rings. The molecular weight excluding hydrogens is 218 g/mol. The number of aliphatic hydroxyl groups excluding tert-OH is 1. The maximum Gasteiger partial charge on any atom is 0.228 e. The van der Waals surface area contributed by atoms with Gasteiger partial charge in [0.25, 0.3) is 0 Å². The van der Waals surface area contributed by atoms with E-state index in [0.29, 0.717) is 12.1 Å². The lowest BCUT2D eigenvalue weighted by Gasteiger charge is -2.18. The topological polar surface area (TPSA) is 87.4 Å². The number of benzene rings is 1. The number of rotatable bonds is 3. The van der Waals surface area contributed by atoms with Gasteiger partial charge in [-0.05, 0) is 30.5 Å². The molecule has 1 saturated carbocycles.